The van der Waals surface area contributed by atoms with E-state index in [9.17, 15) is 19.2 Å². The number of hydrogen-bond donors (Lipinski definition) is 1. The number of carbonyl (C=O) groups is 4. The molecule has 1 aliphatic rings. The molecule has 3 amide bonds. The van der Waals surface area contributed by atoms with E-state index in [1.807, 2.05) is 0 Å². The highest BCUT2D eigenvalue weighted by Gasteiger charge is 2.41. The number of ether oxygens (including phenoxy) is 3. The van der Waals surface area contributed by atoms with Crippen LogP contribution in [0.15, 0.2) is 18.2 Å². The number of imide groups is 1. The predicted octanol–water partition coefficient (Wildman–Crippen LogP) is 4.49. The normalized spacial score (nSPS) is 12.5. The molecule has 1 N–H and O–H groups in total. The number of halogens is 4. The van der Waals surface area contributed by atoms with E-state index in [-0.39, 0.29) is 44.2 Å². The summed E-state index contributed by atoms with van der Waals surface area (Å²) in [6.07, 6.45) is -0.374. The Bertz CT molecular complexity index is 1160. The minimum Gasteiger partial charge on any atom is -0.497 e. The lowest BCUT2D eigenvalue weighted by Gasteiger charge is -2.14. The molecule has 1 aliphatic heterocycles. The van der Waals surface area contributed by atoms with Crippen LogP contribution in [-0.2, 0) is 14.3 Å². The number of hydrogen-bond acceptors (Lipinski definition) is 7. The maximum atomic E-state index is 12.7. The average Bonchev–Trinajstić information content (AvgIpc) is 3.08. The molecule has 0 aliphatic carbocycles. The predicted molar refractivity (Wildman–Crippen MR) is 126 cm³/mol. The largest absolute Gasteiger partial charge is 0.497 e. The molecule has 0 fully saturated rings. The van der Waals surface area contributed by atoms with Crippen LogP contribution in [0.5, 0.6) is 11.5 Å². The van der Waals surface area contributed by atoms with Gasteiger partial charge in [0, 0.05) is 12.6 Å². The van der Waals surface area contributed by atoms with Crippen LogP contribution >= 0.6 is 46.4 Å². The van der Waals surface area contributed by atoms with Crippen molar-refractivity contribution in [1.82, 2.24) is 4.90 Å². The Kier molecular flexibility index (Phi) is 8.14. The third-order valence-corrected chi connectivity index (χ3v) is 6.57. The van der Waals surface area contributed by atoms with Crippen LogP contribution in [0, 0.1) is 0 Å². The van der Waals surface area contributed by atoms with Gasteiger partial charge in [-0.1, -0.05) is 46.4 Å². The minimum absolute atomic E-state index is 0.158. The van der Waals surface area contributed by atoms with Gasteiger partial charge in [0.15, 0.2) is 6.61 Å². The molecule has 1 heterocycles. The van der Waals surface area contributed by atoms with Gasteiger partial charge in [-0.25, -0.2) is 0 Å². The van der Waals surface area contributed by atoms with E-state index in [0.717, 1.165) is 4.90 Å². The van der Waals surface area contributed by atoms with E-state index in [4.69, 9.17) is 60.6 Å². The van der Waals surface area contributed by atoms with Gasteiger partial charge in [-0.05, 0) is 12.1 Å². The van der Waals surface area contributed by atoms with Gasteiger partial charge in [0.05, 0.1) is 57.5 Å². The van der Waals surface area contributed by atoms with E-state index in [0.29, 0.717) is 17.2 Å². The summed E-state index contributed by atoms with van der Waals surface area (Å²) >= 11 is 24.1. The number of methoxy groups -OCH3 is 2. The first-order chi connectivity index (χ1) is 16.1. The van der Waals surface area contributed by atoms with Gasteiger partial charge in [0.2, 0.25) is 0 Å². The van der Waals surface area contributed by atoms with Crippen LogP contribution in [0.25, 0.3) is 0 Å². The van der Waals surface area contributed by atoms with Crippen molar-refractivity contribution in [1.29, 1.82) is 0 Å². The monoisotopic (exact) mass is 548 g/mol. The topological polar surface area (TPSA) is 111 Å². The number of rotatable bonds is 8. The second-order valence-electron chi connectivity index (χ2n) is 6.79. The van der Waals surface area contributed by atoms with Gasteiger partial charge in [-0.2, -0.15) is 0 Å². The minimum atomic E-state index is -0.818. The molecule has 0 saturated carbocycles. The number of amides is 3. The van der Waals surface area contributed by atoms with Crippen molar-refractivity contribution in [3.05, 3.63) is 49.4 Å². The molecule has 2 aromatic carbocycles. The van der Waals surface area contributed by atoms with Gasteiger partial charge in [-0.3, -0.25) is 24.1 Å². The first-order valence-electron chi connectivity index (χ1n) is 9.50. The van der Waals surface area contributed by atoms with E-state index in [1.165, 1.54) is 14.2 Å². The van der Waals surface area contributed by atoms with Crippen molar-refractivity contribution in [3.63, 3.8) is 0 Å². The fourth-order valence-electron chi connectivity index (χ4n) is 3.11. The highest BCUT2D eigenvalue weighted by Crippen LogP contribution is 2.44. The van der Waals surface area contributed by atoms with E-state index in [1.54, 1.807) is 18.2 Å². The summed E-state index contributed by atoms with van der Waals surface area (Å²) in [6, 6.07) is 4.75. The Morgan fingerprint density at radius 2 is 1.50 bits per heavy atom. The number of nitrogens with zero attached hydrogens (tertiary/aromatic N) is 1. The van der Waals surface area contributed by atoms with Gasteiger partial charge in [0.1, 0.15) is 11.5 Å². The third kappa shape index (κ3) is 5.02. The summed E-state index contributed by atoms with van der Waals surface area (Å²) in [6.45, 7) is -0.931. The van der Waals surface area contributed by atoms with Crippen molar-refractivity contribution >= 4 is 75.8 Å². The number of benzene rings is 2. The second-order valence-corrected chi connectivity index (χ2v) is 8.30. The fourth-order valence-corrected chi connectivity index (χ4v) is 4.12. The lowest BCUT2D eigenvalue weighted by Crippen LogP contribution is -2.32. The smallest absolute Gasteiger partial charge is 0.308 e. The highest BCUT2D eigenvalue weighted by molar-refractivity contribution is 6.55. The number of esters is 1. The van der Waals surface area contributed by atoms with Crippen molar-refractivity contribution in [3.8, 4) is 11.5 Å². The molecule has 0 aromatic heterocycles. The molecule has 180 valence electrons. The molecule has 0 spiro atoms. The highest BCUT2D eigenvalue weighted by atomic mass is 35.5. The molecular formula is C21H16Cl4N2O7. The Balaban J connectivity index is 1.57. The summed E-state index contributed by atoms with van der Waals surface area (Å²) in [5.41, 5.74) is -0.0269. The van der Waals surface area contributed by atoms with Crippen LogP contribution in [-0.4, -0.2) is 56.0 Å². The van der Waals surface area contributed by atoms with E-state index >= 15 is 0 Å². The van der Waals surface area contributed by atoms with Gasteiger partial charge in [-0.15, -0.1) is 0 Å². The van der Waals surface area contributed by atoms with E-state index in [2.05, 4.69) is 5.32 Å². The van der Waals surface area contributed by atoms with Gasteiger partial charge < -0.3 is 19.5 Å². The Labute approximate surface area is 213 Å². The Hall–Kier alpha value is -2.72. The average molecular weight is 550 g/mol. The third-order valence-electron chi connectivity index (χ3n) is 4.77. The van der Waals surface area contributed by atoms with Crippen LogP contribution in [0.4, 0.5) is 5.69 Å². The lowest BCUT2D eigenvalue weighted by molar-refractivity contribution is -0.147. The number of fused-ring (bicyclic) bond motifs is 1. The van der Waals surface area contributed by atoms with Crippen LogP contribution in [0.1, 0.15) is 27.1 Å². The number of carbonyl (C=O) groups excluding carboxylic acids is 4. The maximum Gasteiger partial charge on any atom is 0.308 e. The first kappa shape index (κ1) is 25.9. The van der Waals surface area contributed by atoms with Crippen LogP contribution in [0.3, 0.4) is 0 Å². The molecule has 13 heteroatoms. The summed E-state index contributed by atoms with van der Waals surface area (Å²) in [5.74, 6) is -2.11. The number of anilines is 1. The molecule has 3 rings (SSSR count). The molecule has 0 atom stereocenters. The lowest BCUT2D eigenvalue weighted by atomic mass is 10.1. The zero-order valence-corrected chi connectivity index (χ0v) is 20.7. The van der Waals surface area contributed by atoms with Crippen LogP contribution < -0.4 is 14.8 Å². The molecule has 0 radical (unpaired) electrons. The van der Waals surface area contributed by atoms with Crippen molar-refractivity contribution in [2.45, 2.75) is 6.42 Å². The van der Waals surface area contributed by atoms with Crippen molar-refractivity contribution < 1.29 is 33.4 Å². The molecule has 9 nitrogen and oxygen atoms in total. The Morgan fingerprint density at radius 1 is 0.912 bits per heavy atom. The summed E-state index contributed by atoms with van der Waals surface area (Å²) < 4.78 is 15.2. The van der Waals surface area contributed by atoms with Gasteiger partial charge in [0.25, 0.3) is 17.7 Å². The van der Waals surface area contributed by atoms with Crippen LogP contribution in [0.2, 0.25) is 20.1 Å². The molecule has 0 saturated heterocycles. The zero-order chi connectivity index (χ0) is 25.2. The van der Waals surface area contributed by atoms with Crippen molar-refractivity contribution in [2.24, 2.45) is 0 Å². The summed E-state index contributed by atoms with van der Waals surface area (Å²) in [4.78, 5) is 50.3. The first-order valence-corrected chi connectivity index (χ1v) is 11.0. The number of nitrogens with one attached hydrogen (secondary N) is 1. The second kappa shape index (κ2) is 10.7. The van der Waals surface area contributed by atoms with Crippen molar-refractivity contribution in [2.75, 3.05) is 32.7 Å². The Morgan fingerprint density at radius 3 is 2.03 bits per heavy atom. The quantitative estimate of drug-likeness (QED) is 0.223. The summed E-state index contributed by atoms with van der Waals surface area (Å²) in [5, 5.41) is 1.81. The SMILES string of the molecule is COc1ccc(NC(=O)COC(=O)CCN2C(=O)c3c(Cl)c(Cl)c(Cl)c(Cl)c3C2=O)c(OC)c1. The van der Waals surface area contributed by atoms with Gasteiger partial charge >= 0.3 is 5.97 Å². The summed E-state index contributed by atoms with van der Waals surface area (Å²) in [7, 11) is 2.91. The maximum absolute atomic E-state index is 12.7. The molecule has 34 heavy (non-hydrogen) atoms. The molecule has 2 aromatic rings. The zero-order valence-electron chi connectivity index (χ0n) is 17.7. The molecular weight excluding hydrogens is 534 g/mol. The molecule has 0 bridgehead atoms. The van der Waals surface area contributed by atoms with E-state index < -0.39 is 30.3 Å². The molecule has 0 unspecified atom stereocenters. The standard InChI is InChI=1S/C21H16Cl4N2O7/c1-32-9-3-4-10(11(7-9)33-2)26-12(28)8-34-13(29)5-6-27-20(30)14-15(21(27)31)17(23)19(25)18(24)16(14)22/h3-4,7H,5-6,8H2,1-2H3,(H,26,28). The fraction of sp³-hybridized carbons (Fsp3) is 0.238.